The maximum atomic E-state index is 12.5. The van der Waals surface area contributed by atoms with E-state index in [2.05, 4.69) is 0 Å². The number of nitrogens with zero attached hydrogens (tertiary/aromatic N) is 2. The van der Waals surface area contributed by atoms with E-state index < -0.39 is 0 Å². The molecule has 0 aliphatic carbocycles. The molecule has 3 rings (SSSR count). The van der Waals surface area contributed by atoms with E-state index in [-0.39, 0.29) is 5.91 Å². The van der Waals surface area contributed by atoms with E-state index in [4.69, 9.17) is 4.74 Å². The third-order valence-corrected chi connectivity index (χ3v) is 5.99. The first-order chi connectivity index (χ1) is 13.2. The third kappa shape index (κ3) is 5.47. The highest BCUT2D eigenvalue weighted by Crippen LogP contribution is 2.24. The number of benzene rings is 1. The molecule has 2 heterocycles. The molecule has 2 saturated heterocycles. The summed E-state index contributed by atoms with van der Waals surface area (Å²) in [5.41, 5.74) is 1.09. The zero-order chi connectivity index (χ0) is 19.1. The standard InChI is InChI=1S/C22H32N2O3/c1-27-20-7-3-2-6-19(20)9-11-22(26)24-16-12-18(13-17-24)8-10-21(25)23-14-4-5-15-23/h2-3,6-7,18H,4-5,8-17H2,1H3. The molecule has 1 aromatic carbocycles. The summed E-state index contributed by atoms with van der Waals surface area (Å²) >= 11 is 0. The average molecular weight is 373 g/mol. The second kappa shape index (κ2) is 9.77. The second-order valence-electron chi connectivity index (χ2n) is 7.76. The largest absolute Gasteiger partial charge is 0.496 e. The highest BCUT2D eigenvalue weighted by Gasteiger charge is 2.24. The Balaban J connectivity index is 1.37. The van der Waals surface area contributed by atoms with Crippen LogP contribution in [0, 0.1) is 5.92 Å². The van der Waals surface area contributed by atoms with E-state index in [1.807, 2.05) is 34.1 Å². The molecule has 0 aromatic heterocycles. The quantitative estimate of drug-likeness (QED) is 0.738. The van der Waals surface area contributed by atoms with Crippen molar-refractivity contribution < 1.29 is 14.3 Å². The topological polar surface area (TPSA) is 49.9 Å². The number of carbonyl (C=O) groups excluding carboxylic acids is 2. The van der Waals surface area contributed by atoms with Gasteiger partial charge in [-0.1, -0.05) is 18.2 Å². The summed E-state index contributed by atoms with van der Waals surface area (Å²) in [5, 5.41) is 0. The molecule has 2 amide bonds. The van der Waals surface area contributed by atoms with Gasteiger partial charge in [-0.25, -0.2) is 0 Å². The van der Waals surface area contributed by atoms with Gasteiger partial charge < -0.3 is 14.5 Å². The minimum atomic E-state index is 0.229. The molecule has 2 aliphatic rings. The van der Waals surface area contributed by atoms with Crippen molar-refractivity contribution in [3.8, 4) is 5.75 Å². The average Bonchev–Trinajstić information content (AvgIpc) is 3.26. The number of methoxy groups -OCH3 is 1. The Morgan fingerprint density at radius 3 is 2.30 bits per heavy atom. The van der Waals surface area contributed by atoms with Crippen LogP contribution >= 0.6 is 0 Å². The summed E-state index contributed by atoms with van der Waals surface area (Å²) in [4.78, 5) is 28.7. The SMILES string of the molecule is COc1ccccc1CCC(=O)N1CCC(CCC(=O)N2CCCC2)CC1. The molecule has 5 nitrogen and oxygen atoms in total. The number of ether oxygens (including phenoxy) is 1. The molecular formula is C22H32N2O3. The van der Waals surface area contributed by atoms with Gasteiger partial charge in [-0.3, -0.25) is 9.59 Å². The highest BCUT2D eigenvalue weighted by molar-refractivity contribution is 5.77. The fourth-order valence-corrected chi connectivity index (χ4v) is 4.23. The second-order valence-corrected chi connectivity index (χ2v) is 7.76. The summed E-state index contributed by atoms with van der Waals surface area (Å²) in [6.07, 6.45) is 7.24. The fourth-order valence-electron chi connectivity index (χ4n) is 4.23. The van der Waals surface area contributed by atoms with Crippen LogP contribution in [0.4, 0.5) is 0 Å². The Hall–Kier alpha value is -2.04. The Morgan fingerprint density at radius 2 is 1.59 bits per heavy atom. The minimum absolute atomic E-state index is 0.229. The molecule has 0 N–H and O–H groups in total. The van der Waals surface area contributed by atoms with E-state index in [9.17, 15) is 9.59 Å². The Morgan fingerprint density at radius 1 is 0.963 bits per heavy atom. The van der Waals surface area contributed by atoms with Crippen LogP contribution in [-0.4, -0.2) is 54.9 Å². The van der Waals surface area contributed by atoms with Crippen LogP contribution in [0.2, 0.25) is 0 Å². The number of likely N-dealkylation sites (tertiary alicyclic amines) is 2. The summed E-state index contributed by atoms with van der Waals surface area (Å²) < 4.78 is 5.36. The van der Waals surface area contributed by atoms with Gasteiger partial charge in [0.25, 0.3) is 0 Å². The summed E-state index contributed by atoms with van der Waals surface area (Å²) in [6, 6.07) is 7.89. The first-order valence-electron chi connectivity index (χ1n) is 10.3. The van der Waals surface area contributed by atoms with Gasteiger partial charge in [-0.2, -0.15) is 0 Å². The molecule has 0 atom stereocenters. The lowest BCUT2D eigenvalue weighted by molar-refractivity contribution is -0.133. The zero-order valence-electron chi connectivity index (χ0n) is 16.5. The fraction of sp³-hybridized carbons (Fsp3) is 0.636. The van der Waals surface area contributed by atoms with Gasteiger partial charge in [0.1, 0.15) is 5.75 Å². The maximum absolute atomic E-state index is 12.5. The van der Waals surface area contributed by atoms with Crippen molar-refractivity contribution in [2.75, 3.05) is 33.3 Å². The monoisotopic (exact) mass is 372 g/mol. The van der Waals surface area contributed by atoms with Crippen LogP contribution in [0.5, 0.6) is 5.75 Å². The van der Waals surface area contributed by atoms with Crippen molar-refractivity contribution in [1.29, 1.82) is 0 Å². The van der Waals surface area contributed by atoms with Crippen LogP contribution in [0.15, 0.2) is 24.3 Å². The summed E-state index contributed by atoms with van der Waals surface area (Å²) in [7, 11) is 1.67. The van der Waals surface area contributed by atoms with Crippen molar-refractivity contribution in [2.45, 2.75) is 51.4 Å². The highest BCUT2D eigenvalue weighted by atomic mass is 16.5. The molecule has 2 aliphatic heterocycles. The van der Waals surface area contributed by atoms with E-state index >= 15 is 0 Å². The predicted octanol–water partition coefficient (Wildman–Crippen LogP) is 3.27. The molecule has 0 spiro atoms. The van der Waals surface area contributed by atoms with Gasteiger partial charge in [-0.15, -0.1) is 0 Å². The molecule has 5 heteroatoms. The Labute approximate surface area is 162 Å². The number of amides is 2. The maximum Gasteiger partial charge on any atom is 0.222 e. The number of carbonyl (C=O) groups is 2. The van der Waals surface area contributed by atoms with Gasteiger partial charge >= 0.3 is 0 Å². The van der Waals surface area contributed by atoms with Crippen molar-refractivity contribution in [3.05, 3.63) is 29.8 Å². The number of hydrogen-bond donors (Lipinski definition) is 0. The molecular weight excluding hydrogens is 340 g/mol. The van der Waals surface area contributed by atoms with Crippen LogP contribution < -0.4 is 4.74 Å². The number of rotatable bonds is 7. The number of hydrogen-bond acceptors (Lipinski definition) is 3. The lowest BCUT2D eigenvalue weighted by atomic mass is 9.91. The zero-order valence-corrected chi connectivity index (χ0v) is 16.5. The molecule has 0 bridgehead atoms. The van der Waals surface area contributed by atoms with E-state index in [1.54, 1.807) is 7.11 Å². The molecule has 0 saturated carbocycles. The lowest BCUT2D eigenvalue weighted by Gasteiger charge is -2.32. The summed E-state index contributed by atoms with van der Waals surface area (Å²) in [5.74, 6) is 1.98. The molecule has 27 heavy (non-hydrogen) atoms. The van der Waals surface area contributed by atoms with Gasteiger partial charge in [0, 0.05) is 39.0 Å². The van der Waals surface area contributed by atoms with Crippen LogP contribution in [0.25, 0.3) is 0 Å². The lowest BCUT2D eigenvalue weighted by Crippen LogP contribution is -2.39. The van der Waals surface area contributed by atoms with Gasteiger partial charge in [0.05, 0.1) is 7.11 Å². The smallest absolute Gasteiger partial charge is 0.222 e. The Kier molecular flexibility index (Phi) is 7.13. The number of aryl methyl sites for hydroxylation is 1. The van der Waals surface area contributed by atoms with Crippen molar-refractivity contribution in [2.24, 2.45) is 5.92 Å². The molecule has 1 aromatic rings. The molecule has 148 valence electrons. The summed E-state index contributed by atoms with van der Waals surface area (Å²) in [6.45, 7) is 3.54. The molecule has 0 unspecified atom stereocenters. The van der Waals surface area contributed by atoms with Crippen LogP contribution in [-0.2, 0) is 16.0 Å². The van der Waals surface area contributed by atoms with Crippen molar-refractivity contribution in [3.63, 3.8) is 0 Å². The first kappa shape index (κ1) is 19.7. The Bertz CT molecular complexity index is 632. The predicted molar refractivity (Wildman–Crippen MR) is 106 cm³/mol. The third-order valence-electron chi connectivity index (χ3n) is 5.99. The van der Waals surface area contributed by atoms with Crippen molar-refractivity contribution >= 4 is 11.8 Å². The molecule has 2 fully saturated rings. The van der Waals surface area contributed by atoms with Gasteiger partial charge in [0.2, 0.25) is 11.8 Å². The van der Waals surface area contributed by atoms with E-state index in [1.165, 1.54) is 0 Å². The van der Waals surface area contributed by atoms with Crippen LogP contribution in [0.3, 0.4) is 0 Å². The van der Waals surface area contributed by atoms with E-state index in [0.29, 0.717) is 31.1 Å². The minimum Gasteiger partial charge on any atom is -0.496 e. The van der Waals surface area contributed by atoms with Crippen molar-refractivity contribution in [1.82, 2.24) is 9.80 Å². The normalized spacial score (nSPS) is 18.0. The van der Waals surface area contributed by atoms with Crippen LogP contribution in [0.1, 0.15) is 50.5 Å². The first-order valence-corrected chi connectivity index (χ1v) is 10.3. The van der Waals surface area contributed by atoms with Gasteiger partial charge in [-0.05, 0) is 56.1 Å². The van der Waals surface area contributed by atoms with Gasteiger partial charge in [0.15, 0.2) is 0 Å². The molecule has 0 radical (unpaired) electrons. The van der Waals surface area contributed by atoms with E-state index in [0.717, 1.165) is 69.6 Å². The number of piperidine rings is 1. The number of para-hydroxylation sites is 1.